The minimum atomic E-state index is -0.672. The van der Waals surface area contributed by atoms with Crippen LogP contribution in [-0.2, 0) is 0 Å². The molecular formula is C24H16FN5O3. The Bertz CT molecular complexity index is 1530. The lowest BCUT2D eigenvalue weighted by Crippen LogP contribution is -2.27. The molecule has 8 nitrogen and oxygen atoms in total. The summed E-state index contributed by atoms with van der Waals surface area (Å²) < 4.78 is 21.7. The number of H-pyrrole nitrogens is 1. The number of amides is 1. The maximum Gasteiger partial charge on any atom is 0.267 e. The van der Waals surface area contributed by atoms with Crippen LogP contribution >= 0.6 is 0 Å². The summed E-state index contributed by atoms with van der Waals surface area (Å²) in [5, 5.41) is 3.27. The summed E-state index contributed by atoms with van der Waals surface area (Å²) in [6, 6.07) is 13.8. The van der Waals surface area contributed by atoms with E-state index in [1.165, 1.54) is 29.0 Å². The standard InChI is InChI=1S/C24H16FN5O3/c25-19-13-15(5-6-21(19)33-20-8-11-28-22-17(20)7-10-27-22)29-23(31)18-4-2-12-30(24(18)32)16-3-1-9-26-14-16/h1-14H,(H,27,28)(H,29,31). The van der Waals surface area contributed by atoms with Crippen LogP contribution in [0.3, 0.4) is 0 Å². The number of hydrogen-bond donors (Lipinski definition) is 2. The molecule has 0 bridgehead atoms. The Morgan fingerprint density at radius 2 is 1.97 bits per heavy atom. The van der Waals surface area contributed by atoms with Gasteiger partial charge in [0.2, 0.25) is 0 Å². The number of carbonyl (C=O) groups is 1. The number of fused-ring (bicyclic) bond motifs is 1. The number of nitrogens with one attached hydrogen (secondary N) is 2. The summed E-state index contributed by atoms with van der Waals surface area (Å²) >= 11 is 0. The number of carbonyl (C=O) groups excluding carboxylic acids is 1. The summed E-state index contributed by atoms with van der Waals surface area (Å²) in [6.07, 6.45) is 7.91. The Balaban J connectivity index is 1.37. The molecule has 33 heavy (non-hydrogen) atoms. The molecule has 0 fully saturated rings. The minimum absolute atomic E-state index is 0.0136. The second-order valence-corrected chi connectivity index (χ2v) is 7.06. The van der Waals surface area contributed by atoms with Crippen molar-refractivity contribution in [3.05, 3.63) is 107 Å². The summed E-state index contributed by atoms with van der Waals surface area (Å²) in [5.74, 6) is -0.902. The van der Waals surface area contributed by atoms with E-state index in [-0.39, 0.29) is 17.0 Å². The van der Waals surface area contributed by atoms with Gasteiger partial charge in [-0.25, -0.2) is 9.37 Å². The monoisotopic (exact) mass is 441 g/mol. The fourth-order valence-electron chi connectivity index (χ4n) is 3.37. The lowest BCUT2D eigenvalue weighted by Gasteiger charge is -2.11. The van der Waals surface area contributed by atoms with Crippen LogP contribution in [0.4, 0.5) is 10.1 Å². The van der Waals surface area contributed by atoms with Crippen LogP contribution in [0.1, 0.15) is 10.4 Å². The Kier molecular flexibility index (Phi) is 5.12. The van der Waals surface area contributed by atoms with E-state index >= 15 is 0 Å². The van der Waals surface area contributed by atoms with Gasteiger partial charge in [-0.15, -0.1) is 0 Å². The summed E-state index contributed by atoms with van der Waals surface area (Å²) in [5.41, 5.74) is 0.724. The molecule has 5 aromatic rings. The van der Waals surface area contributed by atoms with Gasteiger partial charge in [-0.3, -0.25) is 19.1 Å². The molecule has 0 aliphatic rings. The van der Waals surface area contributed by atoms with Crippen molar-refractivity contribution in [2.24, 2.45) is 0 Å². The molecule has 0 saturated heterocycles. The molecule has 4 heterocycles. The highest BCUT2D eigenvalue weighted by Crippen LogP contribution is 2.31. The molecule has 0 radical (unpaired) electrons. The lowest BCUT2D eigenvalue weighted by atomic mass is 10.2. The number of aromatic nitrogens is 4. The van der Waals surface area contributed by atoms with Gasteiger partial charge >= 0.3 is 0 Å². The number of aromatic amines is 1. The number of anilines is 1. The van der Waals surface area contributed by atoms with Crippen molar-refractivity contribution in [2.45, 2.75) is 0 Å². The van der Waals surface area contributed by atoms with Gasteiger partial charge in [0.05, 0.1) is 17.3 Å². The van der Waals surface area contributed by atoms with Crippen molar-refractivity contribution in [2.75, 3.05) is 5.32 Å². The number of pyridine rings is 3. The van der Waals surface area contributed by atoms with Crippen LogP contribution in [0.5, 0.6) is 11.5 Å². The molecule has 9 heteroatoms. The first kappa shape index (κ1) is 20.1. The molecule has 0 unspecified atom stereocenters. The second kappa shape index (κ2) is 8.39. The van der Waals surface area contributed by atoms with E-state index in [0.29, 0.717) is 22.5 Å². The van der Waals surface area contributed by atoms with E-state index in [2.05, 4.69) is 20.3 Å². The van der Waals surface area contributed by atoms with Crippen molar-refractivity contribution in [1.82, 2.24) is 19.5 Å². The van der Waals surface area contributed by atoms with Crippen LogP contribution in [0.15, 0.2) is 90.4 Å². The highest BCUT2D eigenvalue weighted by Gasteiger charge is 2.15. The van der Waals surface area contributed by atoms with Crippen LogP contribution in [0.2, 0.25) is 0 Å². The molecule has 0 atom stereocenters. The quantitative estimate of drug-likeness (QED) is 0.424. The van der Waals surface area contributed by atoms with Crippen LogP contribution in [-0.4, -0.2) is 25.4 Å². The average molecular weight is 441 g/mol. The van der Waals surface area contributed by atoms with E-state index in [4.69, 9.17) is 4.74 Å². The highest BCUT2D eigenvalue weighted by atomic mass is 19.1. The van der Waals surface area contributed by atoms with Gasteiger partial charge in [-0.1, -0.05) is 0 Å². The van der Waals surface area contributed by atoms with Crippen LogP contribution in [0, 0.1) is 5.82 Å². The topological polar surface area (TPSA) is 102 Å². The summed E-state index contributed by atoms with van der Waals surface area (Å²) in [6.45, 7) is 0. The van der Waals surface area contributed by atoms with Gasteiger partial charge in [0.1, 0.15) is 17.0 Å². The molecule has 5 rings (SSSR count). The number of halogens is 1. The van der Waals surface area contributed by atoms with Gasteiger partial charge in [-0.2, -0.15) is 0 Å². The molecule has 162 valence electrons. The molecule has 0 spiro atoms. The van der Waals surface area contributed by atoms with Crippen LogP contribution < -0.4 is 15.6 Å². The van der Waals surface area contributed by atoms with E-state index in [1.807, 2.05) is 0 Å². The first-order valence-corrected chi connectivity index (χ1v) is 9.93. The predicted molar refractivity (Wildman–Crippen MR) is 120 cm³/mol. The van der Waals surface area contributed by atoms with E-state index < -0.39 is 17.3 Å². The maximum absolute atomic E-state index is 14.7. The molecular weight excluding hydrogens is 425 g/mol. The van der Waals surface area contributed by atoms with Crippen molar-refractivity contribution < 1.29 is 13.9 Å². The number of benzene rings is 1. The van der Waals surface area contributed by atoms with Crippen molar-refractivity contribution in [3.63, 3.8) is 0 Å². The molecule has 0 saturated carbocycles. The molecule has 2 N–H and O–H groups in total. The Morgan fingerprint density at radius 3 is 2.79 bits per heavy atom. The second-order valence-electron chi connectivity index (χ2n) is 7.06. The summed E-state index contributed by atoms with van der Waals surface area (Å²) in [4.78, 5) is 36.6. The third-order valence-corrected chi connectivity index (χ3v) is 4.95. The zero-order valence-corrected chi connectivity index (χ0v) is 17.0. The smallest absolute Gasteiger partial charge is 0.267 e. The van der Waals surface area contributed by atoms with Crippen molar-refractivity contribution in [1.29, 1.82) is 0 Å². The van der Waals surface area contributed by atoms with Crippen molar-refractivity contribution in [3.8, 4) is 17.2 Å². The summed E-state index contributed by atoms with van der Waals surface area (Å²) in [7, 11) is 0. The third kappa shape index (κ3) is 3.94. The SMILES string of the molecule is O=C(Nc1ccc(Oc2ccnc3[nH]ccc23)c(F)c1)c1cccn(-c2cccnc2)c1=O. The Labute approximate surface area is 186 Å². The highest BCUT2D eigenvalue weighted by molar-refractivity contribution is 6.04. The first-order valence-electron chi connectivity index (χ1n) is 9.93. The van der Waals surface area contributed by atoms with Gasteiger partial charge < -0.3 is 15.0 Å². The minimum Gasteiger partial charge on any atom is -0.453 e. The predicted octanol–water partition coefficient (Wildman–Crippen LogP) is 4.29. The van der Waals surface area contributed by atoms with Gasteiger partial charge in [0, 0.05) is 36.5 Å². The van der Waals surface area contributed by atoms with Gasteiger partial charge in [-0.05, 0) is 48.5 Å². The lowest BCUT2D eigenvalue weighted by molar-refractivity contribution is 0.102. The number of nitrogens with zero attached hydrogens (tertiary/aromatic N) is 3. The zero-order chi connectivity index (χ0) is 22.8. The number of rotatable bonds is 5. The maximum atomic E-state index is 14.7. The van der Waals surface area contributed by atoms with Gasteiger partial charge in [0.25, 0.3) is 11.5 Å². The molecule has 0 aliphatic carbocycles. The van der Waals surface area contributed by atoms with E-state index in [9.17, 15) is 14.0 Å². The fraction of sp³-hybridized carbons (Fsp3) is 0. The molecule has 4 aromatic heterocycles. The molecule has 0 aliphatic heterocycles. The number of hydrogen-bond acceptors (Lipinski definition) is 5. The Hall–Kier alpha value is -4.79. The normalized spacial score (nSPS) is 10.8. The van der Waals surface area contributed by atoms with Gasteiger partial charge in [0.15, 0.2) is 11.6 Å². The van der Waals surface area contributed by atoms with Crippen molar-refractivity contribution >= 4 is 22.6 Å². The Morgan fingerprint density at radius 1 is 1.06 bits per heavy atom. The number of ether oxygens (including phenoxy) is 1. The molecule has 1 aromatic carbocycles. The first-order chi connectivity index (χ1) is 16.1. The average Bonchev–Trinajstić information content (AvgIpc) is 3.31. The van der Waals surface area contributed by atoms with E-state index in [1.54, 1.807) is 55.1 Å². The largest absolute Gasteiger partial charge is 0.453 e. The molecule has 1 amide bonds. The third-order valence-electron chi connectivity index (χ3n) is 4.95. The van der Waals surface area contributed by atoms with E-state index in [0.717, 1.165) is 6.07 Å². The van der Waals surface area contributed by atoms with Crippen LogP contribution in [0.25, 0.3) is 16.7 Å². The zero-order valence-electron chi connectivity index (χ0n) is 17.0. The fourth-order valence-corrected chi connectivity index (χ4v) is 3.37.